The lowest BCUT2D eigenvalue weighted by Gasteiger charge is -2.27. The highest BCUT2D eigenvalue weighted by atomic mass is 32.1. The molecule has 3 heterocycles. The molecule has 0 bridgehead atoms. The van der Waals surface area contributed by atoms with E-state index < -0.39 is 0 Å². The molecule has 12 aromatic rings. The first-order valence-electron chi connectivity index (χ1n) is 19.8. The molecule has 58 heavy (non-hydrogen) atoms. The topological polar surface area (TPSA) is 13.1 Å². The van der Waals surface area contributed by atoms with E-state index in [1.165, 1.54) is 63.8 Å². The third-order valence-corrected chi connectivity index (χ3v) is 12.8. The molecule has 0 aliphatic carbocycles. The van der Waals surface area contributed by atoms with Gasteiger partial charge in [-0.25, -0.2) is 0 Å². The zero-order chi connectivity index (χ0) is 38.2. The molecule has 0 saturated heterocycles. The van der Waals surface area contributed by atoms with Gasteiger partial charge in [-0.15, -0.1) is 11.3 Å². The maximum absolute atomic E-state index is 2.44. The molecule has 3 nitrogen and oxygen atoms in total. The molecule has 0 N–H and O–H groups in total. The Morgan fingerprint density at radius 2 is 0.845 bits per heavy atom. The number of para-hydroxylation sites is 5. The van der Waals surface area contributed by atoms with Crippen LogP contribution in [0.5, 0.6) is 0 Å². The van der Waals surface area contributed by atoms with Gasteiger partial charge in [-0.3, -0.25) is 0 Å². The van der Waals surface area contributed by atoms with Crippen LogP contribution in [0.15, 0.2) is 212 Å². The molecular formula is C54H35N3S. The van der Waals surface area contributed by atoms with Crippen molar-refractivity contribution in [3.63, 3.8) is 0 Å². The van der Waals surface area contributed by atoms with Crippen LogP contribution < -0.4 is 4.90 Å². The fourth-order valence-corrected chi connectivity index (χ4v) is 10.2. The van der Waals surface area contributed by atoms with E-state index >= 15 is 0 Å². The van der Waals surface area contributed by atoms with Crippen molar-refractivity contribution in [3.05, 3.63) is 212 Å². The molecule has 0 aliphatic rings. The Bertz CT molecular complexity index is 3470. The van der Waals surface area contributed by atoms with Crippen molar-refractivity contribution in [1.82, 2.24) is 9.13 Å². The van der Waals surface area contributed by atoms with Crippen molar-refractivity contribution in [3.8, 4) is 22.5 Å². The lowest BCUT2D eigenvalue weighted by molar-refractivity contribution is 1.17. The quantitative estimate of drug-likeness (QED) is 0.165. The first-order chi connectivity index (χ1) is 28.8. The lowest BCUT2D eigenvalue weighted by atomic mass is 10.0. The normalized spacial score (nSPS) is 11.8. The molecule has 272 valence electrons. The van der Waals surface area contributed by atoms with E-state index in [2.05, 4.69) is 226 Å². The van der Waals surface area contributed by atoms with Gasteiger partial charge in [0.05, 0.1) is 22.1 Å². The molecule has 0 fully saturated rings. The van der Waals surface area contributed by atoms with Gasteiger partial charge in [0.2, 0.25) is 0 Å². The van der Waals surface area contributed by atoms with Crippen LogP contribution in [0.3, 0.4) is 0 Å². The number of nitrogens with zero attached hydrogens (tertiary/aromatic N) is 3. The minimum Gasteiger partial charge on any atom is -0.310 e. The van der Waals surface area contributed by atoms with Crippen molar-refractivity contribution >= 4 is 92.2 Å². The summed E-state index contributed by atoms with van der Waals surface area (Å²) in [6.07, 6.45) is 0. The first kappa shape index (κ1) is 32.8. The second-order valence-corrected chi connectivity index (χ2v) is 16.1. The summed E-state index contributed by atoms with van der Waals surface area (Å²) in [6.45, 7) is 0. The average Bonchev–Trinajstić information content (AvgIpc) is 3.94. The van der Waals surface area contributed by atoms with Crippen LogP contribution in [-0.2, 0) is 0 Å². The zero-order valence-electron chi connectivity index (χ0n) is 31.5. The van der Waals surface area contributed by atoms with Crippen molar-refractivity contribution in [1.29, 1.82) is 0 Å². The third kappa shape index (κ3) is 5.12. The summed E-state index contributed by atoms with van der Waals surface area (Å²) in [5.74, 6) is 0. The Labute approximate surface area is 339 Å². The van der Waals surface area contributed by atoms with Crippen molar-refractivity contribution in [2.24, 2.45) is 0 Å². The fraction of sp³-hybridized carbons (Fsp3) is 0. The number of aromatic nitrogens is 2. The predicted octanol–water partition coefficient (Wildman–Crippen LogP) is 15.4. The molecule has 0 atom stereocenters. The molecule has 0 amide bonds. The van der Waals surface area contributed by atoms with Crippen molar-refractivity contribution in [2.45, 2.75) is 0 Å². The van der Waals surface area contributed by atoms with Crippen molar-refractivity contribution < 1.29 is 0 Å². The lowest BCUT2D eigenvalue weighted by Crippen LogP contribution is -2.11. The molecule has 4 heteroatoms. The molecule has 0 unspecified atom stereocenters. The van der Waals surface area contributed by atoms with E-state index in [0.29, 0.717) is 0 Å². The van der Waals surface area contributed by atoms with Crippen LogP contribution in [0.25, 0.3) is 86.3 Å². The molecule has 3 aromatic heterocycles. The molecular weight excluding hydrogens is 723 g/mol. The maximum Gasteiger partial charge on any atom is 0.0547 e. The van der Waals surface area contributed by atoms with E-state index in [-0.39, 0.29) is 0 Å². The summed E-state index contributed by atoms with van der Waals surface area (Å²) < 4.78 is 7.44. The van der Waals surface area contributed by atoms with E-state index in [1.807, 2.05) is 11.3 Å². The molecule has 0 saturated carbocycles. The van der Waals surface area contributed by atoms with Gasteiger partial charge < -0.3 is 14.0 Å². The number of thiophene rings is 1. The SMILES string of the molecule is c1ccc(N(c2cc(-c3ccc4c5ccccc5n(-c5ccccc5)c4c3)cc(-n3c4ccccc4c4ccccc43)c2)c2ccc3sc4ccccc4c3c2)cc1. The Morgan fingerprint density at radius 1 is 0.293 bits per heavy atom. The third-order valence-electron chi connectivity index (χ3n) is 11.7. The van der Waals surface area contributed by atoms with E-state index in [9.17, 15) is 0 Å². The largest absolute Gasteiger partial charge is 0.310 e. The summed E-state index contributed by atoms with van der Waals surface area (Å²) in [6, 6.07) is 77.6. The number of hydrogen-bond acceptors (Lipinski definition) is 2. The summed E-state index contributed by atoms with van der Waals surface area (Å²) in [5, 5.41) is 7.54. The highest BCUT2D eigenvalue weighted by molar-refractivity contribution is 7.25. The Kier molecular flexibility index (Phi) is 7.40. The van der Waals surface area contributed by atoms with E-state index in [1.54, 1.807) is 0 Å². The highest BCUT2D eigenvalue weighted by Crippen LogP contribution is 2.44. The summed E-state index contributed by atoms with van der Waals surface area (Å²) in [5.41, 5.74) is 12.6. The van der Waals surface area contributed by atoms with Crippen LogP contribution >= 0.6 is 11.3 Å². The van der Waals surface area contributed by atoms with Gasteiger partial charge in [0.1, 0.15) is 0 Å². The van der Waals surface area contributed by atoms with Gasteiger partial charge in [0.25, 0.3) is 0 Å². The standard InChI is InChI=1S/C54H35N3S/c1-3-15-38(16-4-1)55(40-28-30-54-48(35-40)47-22-10-14-26-53(47)58-54)41-31-37(32-42(34-41)57-50-24-12-7-19-43(50)44-20-8-13-25-51(44)57)36-27-29-46-45-21-9-11-23-49(45)56(52(46)33-36)39-17-5-2-6-18-39/h1-35H. The van der Waals surface area contributed by atoms with Crippen LogP contribution in [-0.4, -0.2) is 9.13 Å². The van der Waals surface area contributed by atoms with Gasteiger partial charge in [-0.05, 0) is 102 Å². The van der Waals surface area contributed by atoms with Crippen molar-refractivity contribution in [2.75, 3.05) is 4.90 Å². The van der Waals surface area contributed by atoms with Gasteiger partial charge in [0, 0.05) is 70.2 Å². The van der Waals surface area contributed by atoms with E-state index in [0.717, 1.165) is 39.6 Å². The highest BCUT2D eigenvalue weighted by Gasteiger charge is 2.20. The molecule has 9 aromatic carbocycles. The monoisotopic (exact) mass is 757 g/mol. The second kappa shape index (κ2) is 13.1. The molecule has 0 spiro atoms. The zero-order valence-corrected chi connectivity index (χ0v) is 32.3. The number of benzene rings is 9. The Balaban J connectivity index is 1.15. The second-order valence-electron chi connectivity index (χ2n) is 15.0. The van der Waals surface area contributed by atoms with Gasteiger partial charge in [-0.2, -0.15) is 0 Å². The van der Waals surface area contributed by atoms with Crippen LogP contribution in [0, 0.1) is 0 Å². The maximum atomic E-state index is 2.44. The Hall–Kier alpha value is -7.40. The average molecular weight is 758 g/mol. The molecule has 12 rings (SSSR count). The minimum absolute atomic E-state index is 1.09. The first-order valence-corrected chi connectivity index (χ1v) is 20.6. The number of hydrogen-bond donors (Lipinski definition) is 0. The van der Waals surface area contributed by atoms with Crippen LogP contribution in [0.4, 0.5) is 17.1 Å². The van der Waals surface area contributed by atoms with Gasteiger partial charge in [0.15, 0.2) is 0 Å². The Morgan fingerprint density at radius 3 is 1.53 bits per heavy atom. The van der Waals surface area contributed by atoms with Gasteiger partial charge >= 0.3 is 0 Å². The van der Waals surface area contributed by atoms with E-state index in [4.69, 9.17) is 0 Å². The summed E-state index contributed by atoms with van der Waals surface area (Å²) >= 11 is 1.85. The minimum atomic E-state index is 1.09. The summed E-state index contributed by atoms with van der Waals surface area (Å²) in [4.78, 5) is 2.42. The van der Waals surface area contributed by atoms with Crippen LogP contribution in [0.2, 0.25) is 0 Å². The predicted molar refractivity (Wildman–Crippen MR) is 248 cm³/mol. The fourth-order valence-electron chi connectivity index (χ4n) is 9.10. The summed E-state index contributed by atoms with van der Waals surface area (Å²) in [7, 11) is 0. The van der Waals surface area contributed by atoms with Crippen LogP contribution in [0.1, 0.15) is 0 Å². The molecule has 0 aliphatic heterocycles. The van der Waals surface area contributed by atoms with Gasteiger partial charge in [-0.1, -0.05) is 121 Å². The molecule has 0 radical (unpaired) electrons. The number of rotatable bonds is 6. The smallest absolute Gasteiger partial charge is 0.0547 e. The number of anilines is 3. The number of fused-ring (bicyclic) bond motifs is 9.